The molecule has 29 heavy (non-hydrogen) atoms. The van der Waals surface area contributed by atoms with Gasteiger partial charge in [0, 0.05) is 10.6 Å². The van der Waals surface area contributed by atoms with Gasteiger partial charge in [0.1, 0.15) is 22.4 Å². The van der Waals surface area contributed by atoms with Crippen molar-refractivity contribution in [3.05, 3.63) is 93.7 Å². The molecule has 0 bridgehead atoms. The second-order valence-electron chi connectivity index (χ2n) is 6.30. The zero-order valence-electron chi connectivity index (χ0n) is 15.2. The summed E-state index contributed by atoms with van der Waals surface area (Å²) in [6.45, 7) is 0.727. The molecule has 4 nitrogen and oxygen atoms in total. The van der Waals surface area contributed by atoms with E-state index in [-0.39, 0.29) is 5.91 Å². The smallest absolute Gasteiger partial charge is 0.266 e. The van der Waals surface area contributed by atoms with Gasteiger partial charge in [-0.3, -0.25) is 9.69 Å². The van der Waals surface area contributed by atoms with Crippen LogP contribution in [0.3, 0.4) is 0 Å². The highest BCUT2D eigenvalue weighted by molar-refractivity contribution is 8.26. The average Bonchev–Trinajstić information content (AvgIpc) is 3.33. The lowest BCUT2D eigenvalue weighted by Crippen LogP contribution is -2.27. The summed E-state index contributed by atoms with van der Waals surface area (Å²) in [5, 5.41) is 0.686. The highest BCUT2D eigenvalue weighted by Crippen LogP contribution is 2.35. The summed E-state index contributed by atoms with van der Waals surface area (Å²) in [5.74, 6) is 1.25. The van der Waals surface area contributed by atoms with E-state index in [2.05, 4.69) is 0 Å². The molecule has 1 saturated heterocycles. The molecular weight excluding hydrogens is 426 g/mol. The van der Waals surface area contributed by atoms with Crippen molar-refractivity contribution in [3.63, 3.8) is 0 Å². The molecule has 0 N–H and O–H groups in total. The van der Waals surface area contributed by atoms with E-state index in [9.17, 15) is 4.79 Å². The fraction of sp³-hybridized carbons (Fsp3) is 0.0909. The Labute approximate surface area is 183 Å². The Bertz CT molecular complexity index is 1060. The van der Waals surface area contributed by atoms with Crippen molar-refractivity contribution in [1.82, 2.24) is 4.90 Å². The standard InChI is InChI=1S/C22H16ClNO3S2/c23-17-9-7-15(8-10-17)14-27-19-6-2-1-4-16(19)12-20-21(25)24(22(28)29-20)13-18-5-3-11-26-18/h1-12H,13-14H2/b20-12-. The van der Waals surface area contributed by atoms with Gasteiger partial charge in [-0.1, -0.05) is 65.9 Å². The summed E-state index contributed by atoms with van der Waals surface area (Å²) < 4.78 is 11.8. The van der Waals surface area contributed by atoms with Crippen LogP contribution in [0.2, 0.25) is 5.02 Å². The van der Waals surface area contributed by atoms with Gasteiger partial charge in [-0.05, 0) is 42.0 Å². The second kappa shape index (κ2) is 8.86. The number of nitrogens with zero attached hydrogens (tertiary/aromatic N) is 1. The van der Waals surface area contributed by atoms with E-state index in [0.29, 0.717) is 38.9 Å². The molecule has 1 aliphatic heterocycles. The molecule has 1 amide bonds. The minimum atomic E-state index is -0.135. The van der Waals surface area contributed by atoms with Gasteiger partial charge in [0.2, 0.25) is 0 Å². The van der Waals surface area contributed by atoms with E-state index in [1.807, 2.05) is 60.7 Å². The summed E-state index contributed by atoms with van der Waals surface area (Å²) in [7, 11) is 0. The maximum atomic E-state index is 12.8. The fourth-order valence-corrected chi connectivity index (χ4v) is 4.18. The molecule has 0 spiro atoms. The van der Waals surface area contributed by atoms with E-state index in [4.69, 9.17) is 33.0 Å². The number of ether oxygens (including phenoxy) is 1. The molecule has 146 valence electrons. The monoisotopic (exact) mass is 441 g/mol. The number of benzene rings is 2. The van der Waals surface area contributed by atoms with Crippen LogP contribution in [0, 0.1) is 0 Å². The third-order valence-electron chi connectivity index (χ3n) is 4.28. The summed E-state index contributed by atoms with van der Waals surface area (Å²) in [6, 6.07) is 18.7. The van der Waals surface area contributed by atoms with E-state index in [0.717, 1.165) is 11.1 Å². The first-order chi connectivity index (χ1) is 14.1. The molecule has 1 aliphatic rings. The minimum Gasteiger partial charge on any atom is -0.488 e. The predicted molar refractivity (Wildman–Crippen MR) is 120 cm³/mol. The summed E-state index contributed by atoms with van der Waals surface area (Å²) in [5.41, 5.74) is 1.83. The Balaban J connectivity index is 1.51. The van der Waals surface area contributed by atoms with Gasteiger partial charge in [0.05, 0.1) is 17.7 Å². The summed E-state index contributed by atoms with van der Waals surface area (Å²) in [4.78, 5) is 14.9. The van der Waals surface area contributed by atoms with Crippen molar-refractivity contribution in [2.24, 2.45) is 0 Å². The number of halogens is 1. The number of para-hydroxylation sites is 1. The number of carbonyl (C=O) groups excluding carboxylic acids is 1. The molecule has 0 atom stereocenters. The molecule has 0 saturated carbocycles. The normalized spacial score (nSPS) is 15.3. The second-order valence-corrected chi connectivity index (χ2v) is 8.41. The van der Waals surface area contributed by atoms with Crippen LogP contribution in [0.1, 0.15) is 16.9 Å². The lowest BCUT2D eigenvalue weighted by atomic mass is 10.1. The Morgan fingerprint density at radius 1 is 1.10 bits per heavy atom. The first-order valence-corrected chi connectivity index (χ1v) is 10.4. The topological polar surface area (TPSA) is 42.7 Å². The highest BCUT2D eigenvalue weighted by Gasteiger charge is 2.32. The van der Waals surface area contributed by atoms with Crippen molar-refractivity contribution < 1.29 is 13.9 Å². The van der Waals surface area contributed by atoms with Gasteiger partial charge in [-0.2, -0.15) is 0 Å². The number of hydrogen-bond donors (Lipinski definition) is 0. The van der Waals surface area contributed by atoms with Crippen molar-refractivity contribution in [1.29, 1.82) is 0 Å². The van der Waals surface area contributed by atoms with Gasteiger partial charge in [0.15, 0.2) is 0 Å². The van der Waals surface area contributed by atoms with Crippen LogP contribution in [0.25, 0.3) is 6.08 Å². The summed E-state index contributed by atoms with van der Waals surface area (Å²) >= 11 is 12.6. The van der Waals surface area contributed by atoms with Crippen molar-refractivity contribution >= 4 is 51.9 Å². The molecule has 2 aromatic carbocycles. The molecular formula is C22H16ClNO3S2. The Hall–Kier alpha value is -2.54. The molecule has 2 heterocycles. The highest BCUT2D eigenvalue weighted by atomic mass is 35.5. The lowest BCUT2D eigenvalue weighted by molar-refractivity contribution is -0.122. The SMILES string of the molecule is O=C1/C(=C/c2ccccc2OCc2ccc(Cl)cc2)SC(=S)N1Cc1ccco1. The van der Waals surface area contributed by atoms with Gasteiger partial charge >= 0.3 is 0 Å². The number of thioether (sulfide) groups is 1. The fourth-order valence-electron chi connectivity index (χ4n) is 2.81. The van der Waals surface area contributed by atoms with Crippen LogP contribution in [-0.4, -0.2) is 15.1 Å². The van der Waals surface area contributed by atoms with Crippen molar-refractivity contribution in [3.8, 4) is 5.75 Å². The number of furan rings is 1. The molecule has 1 fully saturated rings. The van der Waals surface area contributed by atoms with E-state index >= 15 is 0 Å². The van der Waals surface area contributed by atoms with Gasteiger partial charge < -0.3 is 9.15 Å². The quantitative estimate of drug-likeness (QED) is 0.351. The van der Waals surface area contributed by atoms with Gasteiger partial charge in [-0.15, -0.1) is 0 Å². The maximum Gasteiger partial charge on any atom is 0.266 e. The van der Waals surface area contributed by atoms with Crippen LogP contribution < -0.4 is 4.74 Å². The first-order valence-electron chi connectivity index (χ1n) is 8.84. The molecule has 0 radical (unpaired) electrons. The van der Waals surface area contributed by atoms with Crippen LogP contribution in [-0.2, 0) is 17.9 Å². The number of amides is 1. The van der Waals surface area contributed by atoms with E-state index in [1.54, 1.807) is 17.2 Å². The zero-order chi connectivity index (χ0) is 20.2. The number of thiocarbonyl (C=S) groups is 1. The van der Waals surface area contributed by atoms with E-state index in [1.165, 1.54) is 11.8 Å². The number of hydrogen-bond acceptors (Lipinski definition) is 5. The van der Waals surface area contributed by atoms with Crippen LogP contribution in [0.5, 0.6) is 5.75 Å². The van der Waals surface area contributed by atoms with Crippen molar-refractivity contribution in [2.45, 2.75) is 13.2 Å². The molecule has 0 unspecified atom stereocenters. The summed E-state index contributed by atoms with van der Waals surface area (Å²) in [6.07, 6.45) is 3.40. The van der Waals surface area contributed by atoms with Crippen LogP contribution in [0.4, 0.5) is 0 Å². The maximum absolute atomic E-state index is 12.8. The predicted octanol–water partition coefficient (Wildman–Crippen LogP) is 5.91. The van der Waals surface area contributed by atoms with Crippen LogP contribution >= 0.6 is 35.6 Å². The Morgan fingerprint density at radius 3 is 2.66 bits per heavy atom. The number of carbonyl (C=O) groups is 1. The lowest BCUT2D eigenvalue weighted by Gasteiger charge is -2.12. The van der Waals surface area contributed by atoms with Crippen molar-refractivity contribution in [2.75, 3.05) is 0 Å². The third kappa shape index (κ3) is 4.72. The molecule has 4 rings (SSSR count). The van der Waals surface area contributed by atoms with E-state index < -0.39 is 0 Å². The largest absolute Gasteiger partial charge is 0.488 e. The molecule has 7 heteroatoms. The Morgan fingerprint density at radius 2 is 1.90 bits per heavy atom. The average molecular weight is 442 g/mol. The van der Waals surface area contributed by atoms with Crippen LogP contribution in [0.15, 0.2) is 76.2 Å². The van der Waals surface area contributed by atoms with Gasteiger partial charge in [0.25, 0.3) is 5.91 Å². The third-order valence-corrected chi connectivity index (χ3v) is 5.91. The molecule has 1 aromatic heterocycles. The molecule has 3 aromatic rings. The van der Waals surface area contributed by atoms with Gasteiger partial charge in [-0.25, -0.2) is 0 Å². The molecule has 0 aliphatic carbocycles. The number of rotatable bonds is 6. The zero-order valence-corrected chi connectivity index (χ0v) is 17.6. The Kier molecular flexibility index (Phi) is 6.04. The first kappa shape index (κ1) is 19.8. The minimum absolute atomic E-state index is 0.135.